The van der Waals surface area contributed by atoms with Gasteiger partial charge in [0.2, 0.25) is 10.0 Å². The van der Waals surface area contributed by atoms with E-state index >= 15 is 0 Å². The third-order valence-corrected chi connectivity index (χ3v) is 4.33. The van der Waals surface area contributed by atoms with Crippen LogP contribution in [0.2, 0.25) is 0 Å². The molecule has 0 aromatic heterocycles. The van der Waals surface area contributed by atoms with E-state index in [1.807, 2.05) is 25.1 Å². The molecule has 0 unspecified atom stereocenters. The van der Waals surface area contributed by atoms with Gasteiger partial charge >= 0.3 is 6.36 Å². The van der Waals surface area contributed by atoms with Crippen LogP contribution >= 0.6 is 0 Å². The fourth-order valence-electron chi connectivity index (χ4n) is 1.90. The molecule has 0 radical (unpaired) electrons. The van der Waals surface area contributed by atoms with Gasteiger partial charge in [-0.3, -0.25) is 0 Å². The molecule has 0 aliphatic heterocycles. The van der Waals surface area contributed by atoms with Gasteiger partial charge in [-0.15, -0.1) is 13.2 Å². The molecule has 2 aromatic carbocycles. The fourth-order valence-corrected chi connectivity index (χ4v) is 2.92. The summed E-state index contributed by atoms with van der Waals surface area (Å²) in [6.45, 7) is 1.97. The Balaban J connectivity index is 2.07. The number of nitrogens with one attached hydrogen (secondary N) is 1. The van der Waals surface area contributed by atoms with Crippen LogP contribution in [0, 0.1) is 6.92 Å². The van der Waals surface area contributed by atoms with Gasteiger partial charge in [0.25, 0.3) is 0 Å². The number of hydrogen-bond acceptors (Lipinski definition) is 3. The average molecular weight is 345 g/mol. The molecular weight excluding hydrogens is 331 g/mol. The molecule has 0 spiro atoms. The van der Waals surface area contributed by atoms with Gasteiger partial charge < -0.3 is 4.74 Å². The second kappa shape index (κ2) is 6.59. The Morgan fingerprint density at radius 2 is 1.74 bits per heavy atom. The van der Waals surface area contributed by atoms with Crippen LogP contribution in [0.5, 0.6) is 5.75 Å². The minimum atomic E-state index is -4.82. The second-order valence-electron chi connectivity index (χ2n) is 4.83. The molecule has 8 heteroatoms. The van der Waals surface area contributed by atoms with Gasteiger partial charge in [0, 0.05) is 6.54 Å². The first-order valence-corrected chi connectivity index (χ1v) is 8.05. The van der Waals surface area contributed by atoms with Gasteiger partial charge in [-0.25, -0.2) is 13.1 Å². The minimum absolute atomic E-state index is 0.0881. The molecule has 0 bridgehead atoms. The summed E-state index contributed by atoms with van der Waals surface area (Å²) in [5.41, 5.74) is 1.78. The topological polar surface area (TPSA) is 55.4 Å². The maximum atomic E-state index is 12.1. The van der Waals surface area contributed by atoms with Crippen LogP contribution in [-0.4, -0.2) is 14.8 Å². The largest absolute Gasteiger partial charge is 0.573 e. The van der Waals surface area contributed by atoms with Crippen molar-refractivity contribution in [3.8, 4) is 5.75 Å². The van der Waals surface area contributed by atoms with Gasteiger partial charge in [0.15, 0.2) is 0 Å². The summed E-state index contributed by atoms with van der Waals surface area (Å²) in [7, 11) is -3.82. The number of alkyl halides is 3. The van der Waals surface area contributed by atoms with Crippen molar-refractivity contribution in [2.45, 2.75) is 24.7 Å². The summed E-state index contributed by atoms with van der Waals surface area (Å²) in [4.78, 5) is -0.139. The van der Waals surface area contributed by atoms with E-state index < -0.39 is 22.1 Å². The molecule has 0 saturated heterocycles. The summed E-state index contributed by atoms with van der Waals surface area (Å²) >= 11 is 0. The lowest BCUT2D eigenvalue weighted by Gasteiger charge is -2.10. The number of aryl methyl sites for hydroxylation is 1. The first kappa shape index (κ1) is 17.3. The van der Waals surface area contributed by atoms with E-state index in [0.29, 0.717) is 0 Å². The SMILES string of the molecule is Cc1cccc(CNS(=O)(=O)c2ccc(OC(F)(F)F)cc2)c1. The van der Waals surface area contributed by atoms with Gasteiger partial charge in [0.05, 0.1) is 4.90 Å². The molecule has 0 atom stereocenters. The number of halogens is 3. The number of sulfonamides is 1. The molecule has 23 heavy (non-hydrogen) atoms. The normalized spacial score (nSPS) is 12.2. The third-order valence-electron chi connectivity index (χ3n) is 2.92. The molecule has 2 aromatic rings. The highest BCUT2D eigenvalue weighted by Gasteiger charge is 2.31. The van der Waals surface area contributed by atoms with Crippen molar-refractivity contribution in [3.05, 3.63) is 59.7 Å². The van der Waals surface area contributed by atoms with Crippen LogP contribution in [0.25, 0.3) is 0 Å². The molecule has 0 aliphatic rings. The molecular formula is C15H14F3NO3S. The standard InChI is InChI=1S/C15H14F3NO3S/c1-11-3-2-4-12(9-11)10-19-23(20,21)14-7-5-13(6-8-14)22-15(16,17)18/h2-9,19H,10H2,1H3. The first-order chi connectivity index (χ1) is 10.7. The Kier molecular flexibility index (Phi) is 4.96. The van der Waals surface area contributed by atoms with E-state index in [2.05, 4.69) is 9.46 Å². The van der Waals surface area contributed by atoms with Crippen molar-refractivity contribution in [2.75, 3.05) is 0 Å². The summed E-state index contributed by atoms with van der Waals surface area (Å²) in [6.07, 6.45) is -4.82. The zero-order valence-electron chi connectivity index (χ0n) is 12.1. The predicted molar refractivity (Wildman–Crippen MR) is 78.3 cm³/mol. The van der Waals surface area contributed by atoms with Crippen molar-refractivity contribution >= 4 is 10.0 Å². The van der Waals surface area contributed by atoms with Gasteiger partial charge in [0.1, 0.15) is 5.75 Å². The van der Waals surface area contributed by atoms with Crippen LogP contribution in [0.4, 0.5) is 13.2 Å². The van der Waals surface area contributed by atoms with Gasteiger partial charge in [-0.1, -0.05) is 29.8 Å². The van der Waals surface area contributed by atoms with E-state index in [9.17, 15) is 21.6 Å². The highest BCUT2D eigenvalue weighted by molar-refractivity contribution is 7.89. The zero-order valence-corrected chi connectivity index (χ0v) is 12.9. The summed E-state index contributed by atoms with van der Waals surface area (Å²) in [5.74, 6) is -0.477. The molecule has 2 rings (SSSR count). The lowest BCUT2D eigenvalue weighted by atomic mass is 10.1. The smallest absolute Gasteiger partial charge is 0.406 e. The Morgan fingerprint density at radius 3 is 2.30 bits per heavy atom. The highest BCUT2D eigenvalue weighted by Crippen LogP contribution is 2.23. The zero-order chi connectivity index (χ0) is 17.1. The second-order valence-corrected chi connectivity index (χ2v) is 6.60. The molecule has 0 saturated carbocycles. The van der Waals surface area contributed by atoms with Crippen LogP contribution < -0.4 is 9.46 Å². The number of hydrogen-bond donors (Lipinski definition) is 1. The maximum Gasteiger partial charge on any atom is 0.573 e. The Morgan fingerprint density at radius 1 is 1.09 bits per heavy atom. The van der Waals surface area contributed by atoms with Crippen LogP contribution in [0.15, 0.2) is 53.4 Å². The van der Waals surface area contributed by atoms with Crippen molar-refractivity contribution in [1.29, 1.82) is 0 Å². The van der Waals surface area contributed by atoms with E-state index in [4.69, 9.17) is 0 Å². The van der Waals surface area contributed by atoms with E-state index in [0.717, 1.165) is 35.4 Å². The Bertz CT molecular complexity index is 771. The first-order valence-electron chi connectivity index (χ1n) is 6.57. The molecule has 0 fully saturated rings. The molecule has 0 amide bonds. The minimum Gasteiger partial charge on any atom is -0.406 e. The summed E-state index contributed by atoms with van der Waals surface area (Å²) < 4.78 is 66.5. The summed E-state index contributed by atoms with van der Waals surface area (Å²) in [5, 5.41) is 0. The van der Waals surface area contributed by atoms with Gasteiger partial charge in [-0.2, -0.15) is 0 Å². The summed E-state index contributed by atoms with van der Waals surface area (Å²) in [6, 6.07) is 11.3. The predicted octanol–water partition coefficient (Wildman–Crippen LogP) is 3.37. The molecule has 0 heterocycles. The van der Waals surface area contributed by atoms with E-state index in [1.165, 1.54) is 0 Å². The highest BCUT2D eigenvalue weighted by atomic mass is 32.2. The molecule has 1 N–H and O–H groups in total. The number of ether oxygens (including phenoxy) is 1. The molecule has 0 aliphatic carbocycles. The number of benzene rings is 2. The fraction of sp³-hybridized carbons (Fsp3) is 0.200. The average Bonchev–Trinajstić information content (AvgIpc) is 2.44. The maximum absolute atomic E-state index is 12.1. The van der Waals surface area contributed by atoms with Crippen molar-refractivity contribution in [2.24, 2.45) is 0 Å². The molecule has 4 nitrogen and oxygen atoms in total. The number of rotatable bonds is 5. The van der Waals surface area contributed by atoms with E-state index in [1.54, 1.807) is 6.07 Å². The quantitative estimate of drug-likeness (QED) is 0.904. The lowest BCUT2D eigenvalue weighted by Crippen LogP contribution is -2.23. The monoisotopic (exact) mass is 345 g/mol. The van der Waals surface area contributed by atoms with Crippen molar-refractivity contribution < 1.29 is 26.3 Å². The lowest BCUT2D eigenvalue weighted by molar-refractivity contribution is -0.274. The van der Waals surface area contributed by atoms with Crippen molar-refractivity contribution in [3.63, 3.8) is 0 Å². The molecule has 124 valence electrons. The van der Waals surface area contributed by atoms with Crippen molar-refractivity contribution in [1.82, 2.24) is 4.72 Å². The van der Waals surface area contributed by atoms with E-state index in [-0.39, 0.29) is 11.4 Å². The Hall–Kier alpha value is -2.06. The Labute approximate surface area is 132 Å². The van der Waals surface area contributed by atoms with Gasteiger partial charge in [-0.05, 0) is 36.8 Å². The van der Waals surface area contributed by atoms with Crippen LogP contribution in [0.3, 0.4) is 0 Å². The van der Waals surface area contributed by atoms with Crippen LogP contribution in [-0.2, 0) is 16.6 Å². The third kappa shape index (κ3) is 5.26. The van der Waals surface area contributed by atoms with Crippen LogP contribution in [0.1, 0.15) is 11.1 Å².